The highest BCUT2D eigenvalue weighted by molar-refractivity contribution is 5.82. The number of methoxy groups -OCH3 is 1. The maximum Gasteiger partial charge on any atom is 0.328 e. The highest BCUT2D eigenvalue weighted by Crippen LogP contribution is 2.44. The van der Waals surface area contributed by atoms with Gasteiger partial charge in [-0.1, -0.05) is 64.0 Å². The smallest absolute Gasteiger partial charge is 0.328 e. The molecule has 44 heavy (non-hydrogen) atoms. The third-order valence-electron chi connectivity index (χ3n) is 9.13. The second kappa shape index (κ2) is 15.9. The molecule has 10 atom stereocenters. The lowest BCUT2D eigenvalue weighted by Crippen LogP contribution is -2.69. The van der Waals surface area contributed by atoms with Crippen LogP contribution in [-0.4, -0.2) is 101 Å². The maximum atomic E-state index is 13.2. The molecule has 12 nitrogen and oxygen atoms in total. The zero-order chi connectivity index (χ0) is 32.7. The first-order chi connectivity index (χ1) is 20.7. The number of nitrogens with one attached hydrogen (secondary N) is 1. The van der Waals surface area contributed by atoms with Gasteiger partial charge in [0.15, 0.2) is 12.3 Å². The summed E-state index contributed by atoms with van der Waals surface area (Å²) >= 11 is 0. The van der Waals surface area contributed by atoms with Gasteiger partial charge in [0.25, 0.3) is 5.91 Å². The van der Waals surface area contributed by atoms with Gasteiger partial charge in [0, 0.05) is 37.4 Å². The molecule has 5 N–H and O–H groups in total. The standard InChI is InChI=1S/C32H51NO11/c1-19-17-32(39,44-21(3)20(19)2)27(37)29(38)33-30-26-25(41-18-42-30)28(40-6)31(4,5)23(43-26)16-22(34)14-12-10-8-7-9-11-13-15-24(35)36/h9,11,13,15,20-23,25-28,30,34,37,39H,1,7-8,10,12,14,16-18H2,2-6H3,(H,33,38)(H,35,36). The molecule has 250 valence electrons. The van der Waals surface area contributed by atoms with Crippen LogP contribution in [0.5, 0.6) is 0 Å². The number of hydrogen-bond donors (Lipinski definition) is 5. The van der Waals surface area contributed by atoms with E-state index in [9.17, 15) is 24.9 Å². The van der Waals surface area contributed by atoms with Crippen molar-refractivity contribution in [2.75, 3.05) is 13.9 Å². The van der Waals surface area contributed by atoms with Crippen LogP contribution in [0, 0.1) is 11.3 Å². The molecule has 3 saturated heterocycles. The Morgan fingerprint density at radius 1 is 1.14 bits per heavy atom. The quantitative estimate of drug-likeness (QED) is 0.0831. The van der Waals surface area contributed by atoms with E-state index in [0.29, 0.717) is 18.4 Å². The number of allylic oxidation sites excluding steroid dienone is 3. The number of carboxylic acid groups (broad SMARTS) is 1. The normalized spacial score (nSPS) is 35.4. The Morgan fingerprint density at radius 2 is 1.86 bits per heavy atom. The van der Waals surface area contributed by atoms with Gasteiger partial charge in [0.05, 0.1) is 24.4 Å². The minimum Gasteiger partial charge on any atom is -0.478 e. The van der Waals surface area contributed by atoms with E-state index >= 15 is 0 Å². The summed E-state index contributed by atoms with van der Waals surface area (Å²) in [5.74, 6) is -4.05. The number of rotatable bonds is 14. The minimum atomic E-state index is -2.14. The number of carbonyl (C=O) groups is 2. The monoisotopic (exact) mass is 625 g/mol. The number of carboxylic acids is 1. The molecule has 10 unspecified atom stereocenters. The third-order valence-corrected chi connectivity index (χ3v) is 9.13. The molecule has 3 fully saturated rings. The van der Waals surface area contributed by atoms with Crippen molar-refractivity contribution in [1.82, 2.24) is 5.32 Å². The van der Waals surface area contributed by atoms with Crippen molar-refractivity contribution in [1.29, 1.82) is 0 Å². The highest BCUT2D eigenvalue weighted by Gasteiger charge is 2.57. The van der Waals surface area contributed by atoms with E-state index in [2.05, 4.69) is 11.9 Å². The van der Waals surface area contributed by atoms with Gasteiger partial charge >= 0.3 is 5.97 Å². The summed E-state index contributed by atoms with van der Waals surface area (Å²) in [6, 6.07) is 0. The number of fused-ring (bicyclic) bond motifs is 1. The molecule has 3 aliphatic rings. The van der Waals surface area contributed by atoms with Crippen molar-refractivity contribution in [3.05, 3.63) is 36.5 Å². The number of carbonyl (C=O) groups excluding carboxylic acids is 1. The Balaban J connectivity index is 1.59. The first-order valence-corrected chi connectivity index (χ1v) is 15.4. The zero-order valence-electron chi connectivity index (χ0n) is 26.5. The van der Waals surface area contributed by atoms with Crippen LogP contribution in [0.3, 0.4) is 0 Å². The van der Waals surface area contributed by atoms with Gasteiger partial charge in [-0.3, -0.25) is 4.79 Å². The molecular formula is C32H51NO11. The highest BCUT2D eigenvalue weighted by atomic mass is 16.7. The van der Waals surface area contributed by atoms with Crippen LogP contribution in [0.4, 0.5) is 0 Å². The van der Waals surface area contributed by atoms with E-state index in [1.165, 1.54) is 6.08 Å². The van der Waals surface area contributed by atoms with Gasteiger partial charge < -0.3 is 49.4 Å². The van der Waals surface area contributed by atoms with E-state index in [0.717, 1.165) is 31.8 Å². The van der Waals surface area contributed by atoms with E-state index in [-0.39, 0.29) is 19.1 Å². The topological polar surface area (TPSA) is 173 Å². The molecule has 0 aromatic heterocycles. The van der Waals surface area contributed by atoms with E-state index in [1.807, 2.05) is 26.8 Å². The number of ether oxygens (including phenoxy) is 5. The molecule has 0 aliphatic carbocycles. The van der Waals surface area contributed by atoms with Crippen LogP contribution in [-0.2, 0) is 33.3 Å². The molecule has 3 heterocycles. The Labute approximate surface area is 260 Å². The number of aliphatic hydroxyl groups is 3. The largest absolute Gasteiger partial charge is 0.478 e. The molecule has 3 rings (SSSR count). The van der Waals surface area contributed by atoms with Gasteiger partial charge in [0.2, 0.25) is 5.79 Å². The first kappa shape index (κ1) is 36.3. The molecule has 0 saturated carbocycles. The minimum absolute atomic E-state index is 0.0426. The van der Waals surface area contributed by atoms with E-state index in [4.69, 9.17) is 28.8 Å². The van der Waals surface area contributed by atoms with Crippen molar-refractivity contribution in [2.24, 2.45) is 11.3 Å². The van der Waals surface area contributed by atoms with Crippen LogP contribution in [0.2, 0.25) is 0 Å². The maximum absolute atomic E-state index is 13.2. The molecule has 3 aliphatic heterocycles. The average molecular weight is 626 g/mol. The summed E-state index contributed by atoms with van der Waals surface area (Å²) < 4.78 is 29.6. The van der Waals surface area contributed by atoms with E-state index in [1.54, 1.807) is 20.1 Å². The predicted molar refractivity (Wildman–Crippen MR) is 160 cm³/mol. The summed E-state index contributed by atoms with van der Waals surface area (Å²) in [6.07, 6.45) is 4.09. The molecule has 0 bridgehead atoms. The summed E-state index contributed by atoms with van der Waals surface area (Å²) in [6.45, 7) is 11.4. The van der Waals surface area contributed by atoms with Crippen LogP contribution < -0.4 is 5.32 Å². The lowest BCUT2D eigenvalue weighted by Gasteiger charge is -2.54. The molecule has 0 aromatic carbocycles. The van der Waals surface area contributed by atoms with Gasteiger partial charge in [0.1, 0.15) is 19.0 Å². The number of unbranched alkanes of at least 4 members (excludes halogenated alkanes) is 3. The first-order valence-electron chi connectivity index (χ1n) is 15.4. The summed E-state index contributed by atoms with van der Waals surface area (Å²) in [5.41, 5.74) is 0.111. The fourth-order valence-corrected chi connectivity index (χ4v) is 6.22. The number of aliphatic hydroxyl groups excluding tert-OH is 2. The zero-order valence-corrected chi connectivity index (χ0v) is 26.5. The van der Waals surface area contributed by atoms with Gasteiger partial charge in [-0.25, -0.2) is 4.79 Å². The van der Waals surface area contributed by atoms with Crippen molar-refractivity contribution >= 4 is 11.9 Å². The molecule has 0 radical (unpaired) electrons. The van der Waals surface area contributed by atoms with Crippen LogP contribution in [0.1, 0.15) is 72.6 Å². The average Bonchev–Trinajstić information content (AvgIpc) is 2.95. The summed E-state index contributed by atoms with van der Waals surface area (Å²) in [7, 11) is 1.58. The molecule has 0 spiro atoms. The van der Waals surface area contributed by atoms with Crippen LogP contribution in [0.15, 0.2) is 36.5 Å². The lowest BCUT2D eigenvalue weighted by atomic mass is 9.72. The fourth-order valence-electron chi connectivity index (χ4n) is 6.22. The Kier molecular flexibility index (Phi) is 13.1. The third kappa shape index (κ3) is 8.97. The Hall–Kier alpha value is -2.16. The second-order valence-electron chi connectivity index (χ2n) is 12.8. The van der Waals surface area contributed by atoms with Crippen LogP contribution >= 0.6 is 0 Å². The van der Waals surface area contributed by atoms with Crippen molar-refractivity contribution in [3.8, 4) is 0 Å². The predicted octanol–water partition coefficient (Wildman–Crippen LogP) is 2.56. The van der Waals surface area contributed by atoms with Gasteiger partial charge in [-0.05, 0) is 26.2 Å². The molecular weight excluding hydrogens is 574 g/mol. The van der Waals surface area contributed by atoms with Gasteiger partial charge in [-0.15, -0.1) is 0 Å². The number of aliphatic carboxylic acids is 1. The summed E-state index contributed by atoms with van der Waals surface area (Å²) in [4.78, 5) is 23.7. The van der Waals surface area contributed by atoms with E-state index < -0.39 is 72.0 Å². The molecule has 12 heteroatoms. The SMILES string of the molecule is C=C1CC(O)(C(O)C(=O)NC2OCOC3C2OC(CC(O)CCCCCC=CC=CC(=O)O)C(C)(C)C3OC)OC(C)C1C. The fraction of sp³-hybridized carbons (Fsp3) is 0.750. The van der Waals surface area contributed by atoms with Crippen molar-refractivity contribution in [3.63, 3.8) is 0 Å². The lowest BCUT2D eigenvalue weighted by molar-refractivity contribution is -0.332. The van der Waals surface area contributed by atoms with Crippen molar-refractivity contribution < 1.29 is 53.7 Å². The Morgan fingerprint density at radius 3 is 2.52 bits per heavy atom. The number of hydrogen-bond acceptors (Lipinski definition) is 10. The Bertz CT molecular complexity index is 1050. The second-order valence-corrected chi connectivity index (χ2v) is 12.8. The van der Waals surface area contributed by atoms with Crippen molar-refractivity contribution in [2.45, 2.75) is 127 Å². The van der Waals surface area contributed by atoms with Gasteiger partial charge in [-0.2, -0.15) is 0 Å². The molecule has 0 aromatic rings. The summed E-state index contributed by atoms with van der Waals surface area (Å²) in [5, 5.41) is 44.1. The number of amides is 1. The van der Waals surface area contributed by atoms with Crippen LogP contribution in [0.25, 0.3) is 0 Å². The molecule has 1 amide bonds.